The monoisotopic (exact) mass is 309 g/mol. The van der Waals surface area contributed by atoms with E-state index in [-0.39, 0.29) is 0 Å². The zero-order chi connectivity index (χ0) is 16.3. The first-order valence-corrected chi connectivity index (χ1v) is 7.94. The Hall–Kier alpha value is -2.69. The van der Waals surface area contributed by atoms with Gasteiger partial charge in [-0.3, -0.25) is 0 Å². The average Bonchev–Trinajstić information content (AvgIpc) is 3.02. The van der Waals surface area contributed by atoms with E-state index < -0.39 is 0 Å². The van der Waals surface area contributed by atoms with Crippen molar-refractivity contribution in [1.29, 1.82) is 0 Å². The Balaban J connectivity index is 0.000000168. The predicted molar refractivity (Wildman–Crippen MR) is 93.1 cm³/mol. The van der Waals surface area contributed by atoms with Crippen LogP contribution in [-0.4, -0.2) is 20.3 Å². The summed E-state index contributed by atoms with van der Waals surface area (Å²) in [6.45, 7) is 2.16. The molecular formula is C18H23N5. The largest absolute Gasteiger partial charge is 0.320 e. The summed E-state index contributed by atoms with van der Waals surface area (Å²) in [7, 11) is 0. The number of tetrazole rings is 1. The summed E-state index contributed by atoms with van der Waals surface area (Å²) in [5.74, 6) is 6.17. The zero-order valence-corrected chi connectivity index (χ0v) is 13.5. The van der Waals surface area contributed by atoms with E-state index in [9.17, 15) is 0 Å². The second-order valence-corrected chi connectivity index (χ2v) is 5.23. The zero-order valence-electron chi connectivity index (χ0n) is 13.5. The maximum absolute atomic E-state index is 5.40. The smallest absolute Gasteiger partial charge is 0.174 e. The maximum atomic E-state index is 5.40. The topological polar surface area (TPSA) is 69.6 Å². The first-order chi connectivity index (χ1) is 11.3. The Labute approximate surface area is 137 Å². The van der Waals surface area contributed by atoms with Crippen LogP contribution in [0, 0.1) is 0 Å². The minimum atomic E-state index is 0.762. The number of nitrogen functional groups attached to an aromatic ring is 1. The first kappa shape index (κ1) is 16.7. The van der Waals surface area contributed by atoms with Gasteiger partial charge in [-0.05, 0) is 28.0 Å². The predicted octanol–water partition coefficient (Wildman–Crippen LogP) is 3.47. The summed E-state index contributed by atoms with van der Waals surface area (Å²) >= 11 is 0. The molecule has 0 fully saturated rings. The van der Waals surface area contributed by atoms with Crippen molar-refractivity contribution in [2.75, 3.05) is 5.84 Å². The lowest BCUT2D eigenvalue weighted by Crippen LogP contribution is -2.14. The molecule has 120 valence electrons. The van der Waals surface area contributed by atoms with Crippen LogP contribution in [0.5, 0.6) is 0 Å². The molecule has 0 atom stereocenters. The Bertz CT molecular complexity index is 627. The lowest BCUT2D eigenvalue weighted by molar-refractivity contribution is 0.660. The van der Waals surface area contributed by atoms with Crippen molar-refractivity contribution in [3.8, 4) is 11.1 Å². The molecule has 1 aromatic heterocycles. The van der Waals surface area contributed by atoms with Crippen molar-refractivity contribution in [1.82, 2.24) is 20.3 Å². The molecule has 0 radical (unpaired) electrons. The number of nitrogens with zero attached hydrogens (tertiary/aromatic N) is 4. The van der Waals surface area contributed by atoms with E-state index in [2.05, 4.69) is 71.0 Å². The lowest BCUT2D eigenvalue weighted by Gasteiger charge is -1.98. The summed E-state index contributed by atoms with van der Waals surface area (Å²) < 4.78 is 0. The minimum Gasteiger partial charge on any atom is -0.320 e. The minimum absolute atomic E-state index is 0.762. The standard InChI is InChI=1S/C12H10.C6H13N5/c1-3-7-11(8-4-1)12-9-5-2-6-10-12;1-2-3-4-5-6-8-9-10-11(6)7/h1-10H;2-5,7H2,1H3. The van der Waals surface area contributed by atoms with Crippen LogP contribution in [0.1, 0.15) is 32.0 Å². The number of nitrogens with two attached hydrogens (primary N) is 1. The molecule has 0 aliphatic heterocycles. The molecule has 0 saturated carbocycles. The van der Waals surface area contributed by atoms with Gasteiger partial charge >= 0.3 is 0 Å². The van der Waals surface area contributed by atoms with Crippen molar-refractivity contribution in [2.45, 2.75) is 32.6 Å². The molecule has 0 saturated heterocycles. The maximum Gasteiger partial charge on any atom is 0.174 e. The van der Waals surface area contributed by atoms with Crippen molar-refractivity contribution < 1.29 is 0 Å². The molecular weight excluding hydrogens is 286 g/mol. The number of hydrogen-bond donors (Lipinski definition) is 1. The fourth-order valence-electron chi connectivity index (χ4n) is 2.17. The summed E-state index contributed by atoms with van der Waals surface area (Å²) in [6, 6.07) is 20.8. The van der Waals surface area contributed by atoms with Crippen LogP contribution in [0.15, 0.2) is 60.7 Å². The van der Waals surface area contributed by atoms with Crippen LogP contribution in [0.2, 0.25) is 0 Å². The number of rotatable bonds is 5. The van der Waals surface area contributed by atoms with Gasteiger partial charge in [0.15, 0.2) is 5.82 Å². The van der Waals surface area contributed by atoms with Crippen LogP contribution >= 0.6 is 0 Å². The highest BCUT2D eigenvalue weighted by Gasteiger charge is 2.00. The highest BCUT2D eigenvalue weighted by Crippen LogP contribution is 2.17. The van der Waals surface area contributed by atoms with Crippen LogP contribution in [0.3, 0.4) is 0 Å². The third-order valence-corrected chi connectivity index (χ3v) is 3.45. The van der Waals surface area contributed by atoms with E-state index in [1.165, 1.54) is 28.8 Å². The molecule has 0 unspecified atom stereocenters. The van der Waals surface area contributed by atoms with Crippen LogP contribution in [0.25, 0.3) is 11.1 Å². The highest BCUT2D eigenvalue weighted by atomic mass is 15.6. The summed E-state index contributed by atoms with van der Waals surface area (Å²) in [5.41, 5.74) is 2.55. The third-order valence-electron chi connectivity index (χ3n) is 3.45. The molecule has 3 rings (SSSR count). The molecule has 2 aromatic carbocycles. The summed E-state index contributed by atoms with van der Waals surface area (Å²) in [4.78, 5) is 1.23. The number of hydrogen-bond acceptors (Lipinski definition) is 4. The van der Waals surface area contributed by atoms with Crippen LogP contribution in [-0.2, 0) is 6.42 Å². The third kappa shape index (κ3) is 5.54. The Morgan fingerprint density at radius 1 is 0.870 bits per heavy atom. The molecule has 0 spiro atoms. The number of aryl methyl sites for hydroxylation is 1. The molecule has 0 bridgehead atoms. The first-order valence-electron chi connectivity index (χ1n) is 7.94. The van der Waals surface area contributed by atoms with E-state index in [1.807, 2.05) is 12.1 Å². The van der Waals surface area contributed by atoms with Crippen LogP contribution in [0.4, 0.5) is 0 Å². The van der Waals surface area contributed by atoms with E-state index in [1.54, 1.807) is 0 Å². The van der Waals surface area contributed by atoms with Gasteiger partial charge in [-0.25, -0.2) is 0 Å². The van der Waals surface area contributed by atoms with Gasteiger partial charge < -0.3 is 5.84 Å². The van der Waals surface area contributed by atoms with Crippen molar-refractivity contribution >= 4 is 0 Å². The molecule has 3 aromatic rings. The summed E-state index contributed by atoms with van der Waals surface area (Å²) in [6.07, 6.45) is 4.38. The van der Waals surface area contributed by atoms with Crippen molar-refractivity contribution in [2.24, 2.45) is 0 Å². The van der Waals surface area contributed by atoms with Gasteiger partial charge in [0.1, 0.15) is 0 Å². The normalized spacial score (nSPS) is 9.96. The van der Waals surface area contributed by atoms with E-state index in [0.717, 1.165) is 18.7 Å². The highest BCUT2D eigenvalue weighted by molar-refractivity contribution is 5.62. The van der Waals surface area contributed by atoms with E-state index in [0.29, 0.717) is 0 Å². The second kappa shape index (κ2) is 9.35. The molecule has 2 N–H and O–H groups in total. The van der Waals surface area contributed by atoms with Gasteiger partial charge in [-0.1, -0.05) is 80.4 Å². The fourth-order valence-corrected chi connectivity index (χ4v) is 2.17. The Morgan fingerprint density at radius 3 is 1.87 bits per heavy atom. The molecule has 23 heavy (non-hydrogen) atoms. The quantitative estimate of drug-likeness (QED) is 0.578. The van der Waals surface area contributed by atoms with Gasteiger partial charge in [-0.15, -0.1) is 9.89 Å². The molecule has 0 amide bonds. The van der Waals surface area contributed by atoms with E-state index in [4.69, 9.17) is 5.84 Å². The SMILES string of the molecule is CCCCCc1nnnn1N.c1ccc(-c2ccccc2)cc1. The Kier molecular flexibility index (Phi) is 6.78. The van der Waals surface area contributed by atoms with Gasteiger partial charge in [0, 0.05) is 6.42 Å². The van der Waals surface area contributed by atoms with Crippen LogP contribution < -0.4 is 5.84 Å². The fraction of sp³-hybridized carbons (Fsp3) is 0.278. The number of unbranched alkanes of at least 4 members (excludes halogenated alkanes) is 2. The van der Waals surface area contributed by atoms with Crippen molar-refractivity contribution in [3.05, 3.63) is 66.5 Å². The lowest BCUT2D eigenvalue weighted by atomic mass is 10.1. The molecule has 1 heterocycles. The molecule has 0 aliphatic carbocycles. The average molecular weight is 309 g/mol. The van der Waals surface area contributed by atoms with Crippen molar-refractivity contribution in [3.63, 3.8) is 0 Å². The number of benzene rings is 2. The van der Waals surface area contributed by atoms with Gasteiger partial charge in [0.2, 0.25) is 0 Å². The van der Waals surface area contributed by atoms with Gasteiger partial charge in [0.05, 0.1) is 0 Å². The second-order valence-electron chi connectivity index (χ2n) is 5.23. The molecule has 5 nitrogen and oxygen atoms in total. The summed E-state index contributed by atoms with van der Waals surface area (Å²) in [5, 5.41) is 10.7. The molecule has 0 aliphatic rings. The van der Waals surface area contributed by atoms with E-state index >= 15 is 0 Å². The number of aromatic nitrogens is 4. The Morgan fingerprint density at radius 2 is 1.43 bits per heavy atom. The van der Waals surface area contributed by atoms with Gasteiger partial charge in [-0.2, -0.15) is 0 Å². The van der Waals surface area contributed by atoms with Gasteiger partial charge in [0.25, 0.3) is 0 Å². The molecule has 5 heteroatoms.